The van der Waals surface area contributed by atoms with Crippen LogP contribution in [0.15, 0.2) is 24.3 Å². The maximum Gasteiger partial charge on any atom is 0.0718 e. The lowest BCUT2D eigenvalue weighted by atomic mass is 9.93. The highest BCUT2D eigenvalue weighted by molar-refractivity contribution is 5.87. The third-order valence-corrected chi connectivity index (χ3v) is 4.03. The number of carbonyl (C=O) groups is 1. The fourth-order valence-corrected chi connectivity index (χ4v) is 2.87. The van der Waals surface area contributed by atoms with Crippen LogP contribution in [0, 0.1) is 0 Å². The standard InChI is InChI=1S/C16H23NO2/c1-12(11-17-13-7-3-2-4-8-13)14-9-5-6-10-15(14)16(18)19/h5-6,9-10,12-13,17H,2-4,7-8,11H2,1H3,(H,18,19)/p-1. The Hall–Kier alpha value is -1.35. The number of benzene rings is 1. The average Bonchev–Trinajstić information content (AvgIpc) is 2.46. The van der Waals surface area contributed by atoms with Crippen molar-refractivity contribution in [2.24, 2.45) is 0 Å². The molecule has 0 spiro atoms. The van der Waals surface area contributed by atoms with Gasteiger partial charge >= 0.3 is 0 Å². The second-order valence-corrected chi connectivity index (χ2v) is 5.52. The van der Waals surface area contributed by atoms with Crippen molar-refractivity contribution in [2.75, 3.05) is 6.54 Å². The second-order valence-electron chi connectivity index (χ2n) is 5.52. The van der Waals surface area contributed by atoms with Crippen LogP contribution in [0.5, 0.6) is 0 Å². The molecule has 1 aliphatic carbocycles. The summed E-state index contributed by atoms with van der Waals surface area (Å²) in [5.74, 6) is -0.892. The van der Waals surface area contributed by atoms with Crippen molar-refractivity contribution in [3.63, 3.8) is 0 Å². The third kappa shape index (κ3) is 3.80. The molecule has 0 heterocycles. The highest BCUT2D eigenvalue weighted by Gasteiger charge is 2.15. The van der Waals surface area contributed by atoms with E-state index < -0.39 is 5.97 Å². The Kier molecular flexibility index (Phi) is 4.97. The fraction of sp³-hybridized carbons (Fsp3) is 0.562. The number of nitrogens with one attached hydrogen (secondary N) is 1. The van der Waals surface area contributed by atoms with Gasteiger partial charge in [-0.05, 0) is 24.3 Å². The predicted octanol–water partition coefficient (Wildman–Crippen LogP) is 2.08. The Bertz CT molecular complexity index is 425. The van der Waals surface area contributed by atoms with E-state index in [1.54, 1.807) is 12.1 Å². The summed E-state index contributed by atoms with van der Waals surface area (Å²) in [5, 5.41) is 14.7. The quantitative estimate of drug-likeness (QED) is 0.882. The topological polar surface area (TPSA) is 52.2 Å². The summed E-state index contributed by atoms with van der Waals surface area (Å²) in [6.07, 6.45) is 6.45. The molecule has 1 N–H and O–H groups in total. The Morgan fingerprint density at radius 3 is 2.68 bits per heavy atom. The van der Waals surface area contributed by atoms with Crippen molar-refractivity contribution in [2.45, 2.75) is 51.0 Å². The van der Waals surface area contributed by atoms with Crippen molar-refractivity contribution in [1.82, 2.24) is 5.32 Å². The van der Waals surface area contributed by atoms with Crippen LogP contribution < -0.4 is 10.4 Å². The molecule has 1 aromatic carbocycles. The normalized spacial score (nSPS) is 18.2. The second kappa shape index (κ2) is 6.71. The van der Waals surface area contributed by atoms with Crippen LogP contribution >= 0.6 is 0 Å². The van der Waals surface area contributed by atoms with Gasteiger partial charge in [-0.25, -0.2) is 0 Å². The van der Waals surface area contributed by atoms with E-state index in [4.69, 9.17) is 0 Å². The van der Waals surface area contributed by atoms with Crippen LogP contribution in [-0.2, 0) is 0 Å². The minimum Gasteiger partial charge on any atom is -0.545 e. The number of carboxylic acids is 1. The third-order valence-electron chi connectivity index (χ3n) is 4.03. The molecule has 0 saturated heterocycles. The van der Waals surface area contributed by atoms with Gasteiger partial charge in [-0.2, -0.15) is 0 Å². The fourth-order valence-electron chi connectivity index (χ4n) is 2.87. The first kappa shape index (κ1) is 14.1. The summed E-state index contributed by atoms with van der Waals surface area (Å²) in [6, 6.07) is 7.75. The Morgan fingerprint density at radius 2 is 2.00 bits per heavy atom. The lowest BCUT2D eigenvalue weighted by Crippen LogP contribution is -2.34. The molecule has 0 bridgehead atoms. The Balaban J connectivity index is 1.95. The molecule has 104 valence electrons. The number of hydrogen-bond acceptors (Lipinski definition) is 3. The van der Waals surface area contributed by atoms with Crippen LogP contribution in [0.3, 0.4) is 0 Å². The number of rotatable bonds is 5. The first-order valence-electron chi connectivity index (χ1n) is 7.22. The zero-order chi connectivity index (χ0) is 13.7. The highest BCUT2D eigenvalue weighted by atomic mass is 16.4. The number of hydrogen-bond donors (Lipinski definition) is 1. The molecular formula is C16H22NO2-. The van der Waals surface area contributed by atoms with Gasteiger partial charge in [0.25, 0.3) is 0 Å². The van der Waals surface area contributed by atoms with E-state index in [1.165, 1.54) is 32.1 Å². The van der Waals surface area contributed by atoms with Crippen LogP contribution in [0.1, 0.15) is 60.9 Å². The molecule has 0 amide bonds. The van der Waals surface area contributed by atoms with Gasteiger partial charge in [-0.1, -0.05) is 50.5 Å². The van der Waals surface area contributed by atoms with Crippen LogP contribution in [0.2, 0.25) is 0 Å². The van der Waals surface area contributed by atoms with E-state index in [2.05, 4.69) is 12.2 Å². The van der Waals surface area contributed by atoms with Gasteiger partial charge in [0, 0.05) is 18.2 Å². The van der Waals surface area contributed by atoms with Gasteiger partial charge < -0.3 is 15.2 Å². The maximum absolute atomic E-state index is 11.1. The minimum absolute atomic E-state index is 0.191. The predicted molar refractivity (Wildman–Crippen MR) is 74.1 cm³/mol. The molecule has 3 heteroatoms. The van der Waals surface area contributed by atoms with E-state index in [1.807, 2.05) is 12.1 Å². The number of aromatic carboxylic acids is 1. The molecule has 0 radical (unpaired) electrons. The zero-order valence-corrected chi connectivity index (χ0v) is 11.5. The van der Waals surface area contributed by atoms with E-state index in [0.29, 0.717) is 11.6 Å². The molecule has 1 atom stereocenters. The lowest BCUT2D eigenvalue weighted by Gasteiger charge is -2.25. The molecule has 1 unspecified atom stereocenters. The maximum atomic E-state index is 11.1. The summed E-state index contributed by atoms with van der Waals surface area (Å²) in [4.78, 5) is 11.1. The van der Waals surface area contributed by atoms with Gasteiger partial charge in [0.2, 0.25) is 0 Å². The Labute approximate surface area is 115 Å². The van der Waals surface area contributed by atoms with Crippen molar-refractivity contribution in [3.8, 4) is 0 Å². The van der Waals surface area contributed by atoms with E-state index in [9.17, 15) is 9.90 Å². The highest BCUT2D eigenvalue weighted by Crippen LogP contribution is 2.21. The Morgan fingerprint density at radius 1 is 1.32 bits per heavy atom. The van der Waals surface area contributed by atoms with Gasteiger partial charge in [0.1, 0.15) is 0 Å². The molecule has 2 rings (SSSR count). The molecule has 0 aliphatic heterocycles. The van der Waals surface area contributed by atoms with Crippen LogP contribution in [0.4, 0.5) is 0 Å². The van der Waals surface area contributed by atoms with E-state index in [-0.39, 0.29) is 5.92 Å². The van der Waals surface area contributed by atoms with Gasteiger partial charge in [0.15, 0.2) is 0 Å². The SMILES string of the molecule is CC(CNC1CCCCC1)c1ccccc1C(=O)[O-]. The largest absolute Gasteiger partial charge is 0.545 e. The summed E-state index contributed by atoms with van der Waals surface area (Å²) in [6.45, 7) is 2.90. The summed E-state index contributed by atoms with van der Waals surface area (Å²) >= 11 is 0. The molecule has 1 saturated carbocycles. The van der Waals surface area contributed by atoms with Gasteiger partial charge in [-0.3, -0.25) is 0 Å². The zero-order valence-electron chi connectivity index (χ0n) is 11.5. The minimum atomic E-state index is -1.08. The molecule has 19 heavy (non-hydrogen) atoms. The average molecular weight is 260 g/mol. The van der Waals surface area contributed by atoms with E-state index >= 15 is 0 Å². The van der Waals surface area contributed by atoms with Gasteiger partial charge in [0.05, 0.1) is 5.97 Å². The van der Waals surface area contributed by atoms with Gasteiger partial charge in [-0.15, -0.1) is 0 Å². The van der Waals surface area contributed by atoms with E-state index in [0.717, 1.165) is 12.1 Å². The number of carbonyl (C=O) groups excluding carboxylic acids is 1. The molecular weight excluding hydrogens is 238 g/mol. The first-order chi connectivity index (χ1) is 9.18. The molecule has 1 aromatic rings. The summed E-state index contributed by atoms with van der Waals surface area (Å²) in [7, 11) is 0. The molecule has 3 nitrogen and oxygen atoms in total. The summed E-state index contributed by atoms with van der Waals surface area (Å²) in [5.41, 5.74) is 1.19. The van der Waals surface area contributed by atoms with Crippen LogP contribution in [0.25, 0.3) is 0 Å². The van der Waals surface area contributed by atoms with Crippen molar-refractivity contribution in [3.05, 3.63) is 35.4 Å². The van der Waals surface area contributed by atoms with Crippen molar-refractivity contribution in [1.29, 1.82) is 0 Å². The van der Waals surface area contributed by atoms with Crippen LogP contribution in [-0.4, -0.2) is 18.6 Å². The molecule has 0 aromatic heterocycles. The molecule has 1 aliphatic rings. The monoisotopic (exact) mass is 260 g/mol. The summed E-state index contributed by atoms with van der Waals surface area (Å²) < 4.78 is 0. The smallest absolute Gasteiger partial charge is 0.0718 e. The van der Waals surface area contributed by atoms with Crippen molar-refractivity contribution < 1.29 is 9.90 Å². The lowest BCUT2D eigenvalue weighted by molar-refractivity contribution is -0.255. The first-order valence-corrected chi connectivity index (χ1v) is 7.22. The van der Waals surface area contributed by atoms with Crippen molar-refractivity contribution >= 4 is 5.97 Å². The molecule has 1 fully saturated rings. The number of carboxylic acid groups (broad SMARTS) is 1.